The second kappa shape index (κ2) is 3.49. The van der Waals surface area contributed by atoms with Gasteiger partial charge in [0.25, 0.3) is 0 Å². The van der Waals surface area contributed by atoms with Crippen molar-refractivity contribution in [2.45, 2.75) is 26.2 Å². The fourth-order valence-electron chi connectivity index (χ4n) is 1.71. The minimum Gasteiger partial charge on any atom is -0.264 e. The largest absolute Gasteiger partial charge is 0.264 e. The molecule has 0 aliphatic rings. The molecule has 15 heavy (non-hydrogen) atoms. The monoisotopic (exact) mass is 219 g/mol. The second-order valence-electron chi connectivity index (χ2n) is 4.77. The molecule has 0 atom stereocenters. The average Bonchev–Trinajstić information content (AvgIpc) is 2.16. The zero-order valence-electron chi connectivity index (χ0n) is 9.21. The van der Waals surface area contributed by atoms with E-state index in [4.69, 9.17) is 11.6 Å². The smallest absolute Gasteiger partial charge is 0.0522 e. The first-order chi connectivity index (χ1) is 7.00. The number of rotatable bonds is 0. The Balaban J connectivity index is 2.76. The molecule has 1 aromatic heterocycles. The molecule has 0 spiro atoms. The number of halogens is 1. The lowest BCUT2D eigenvalue weighted by Gasteiger charge is -2.21. The molecular formula is C13H14ClN. The number of pyridine rings is 1. The molecule has 0 radical (unpaired) electrons. The van der Waals surface area contributed by atoms with E-state index in [9.17, 15) is 0 Å². The van der Waals surface area contributed by atoms with Gasteiger partial charge in [0, 0.05) is 23.2 Å². The average molecular weight is 220 g/mol. The van der Waals surface area contributed by atoms with Crippen molar-refractivity contribution in [1.82, 2.24) is 4.98 Å². The number of hydrogen-bond acceptors (Lipinski definition) is 1. The topological polar surface area (TPSA) is 12.9 Å². The van der Waals surface area contributed by atoms with Gasteiger partial charge in [0.1, 0.15) is 0 Å². The Morgan fingerprint density at radius 1 is 1.13 bits per heavy atom. The summed E-state index contributed by atoms with van der Waals surface area (Å²) in [4.78, 5) is 4.09. The summed E-state index contributed by atoms with van der Waals surface area (Å²) in [5, 5.41) is 3.02. The lowest BCUT2D eigenvalue weighted by molar-refractivity contribution is 0.591. The molecule has 2 aromatic rings. The molecule has 1 nitrogen and oxygen atoms in total. The summed E-state index contributed by atoms with van der Waals surface area (Å²) < 4.78 is 0. The quantitative estimate of drug-likeness (QED) is 0.648. The molecule has 0 amide bonds. The molecule has 0 fully saturated rings. The summed E-state index contributed by atoms with van der Waals surface area (Å²) in [6, 6.07) is 6.13. The van der Waals surface area contributed by atoms with E-state index >= 15 is 0 Å². The molecule has 0 aliphatic carbocycles. The molecule has 78 valence electrons. The van der Waals surface area contributed by atoms with Gasteiger partial charge in [-0.05, 0) is 17.0 Å². The third-order valence-electron chi connectivity index (χ3n) is 2.56. The lowest BCUT2D eigenvalue weighted by atomic mass is 9.86. The highest BCUT2D eigenvalue weighted by Crippen LogP contribution is 2.34. The van der Waals surface area contributed by atoms with E-state index in [2.05, 4.69) is 37.9 Å². The first-order valence-electron chi connectivity index (χ1n) is 5.03. The molecule has 2 heteroatoms. The number of hydrogen-bond donors (Lipinski definition) is 0. The number of benzene rings is 1. The highest BCUT2D eigenvalue weighted by atomic mass is 35.5. The van der Waals surface area contributed by atoms with Gasteiger partial charge >= 0.3 is 0 Å². The Kier molecular flexibility index (Phi) is 2.43. The molecule has 0 unspecified atom stereocenters. The van der Waals surface area contributed by atoms with E-state index in [1.807, 2.05) is 12.3 Å². The predicted molar refractivity (Wildman–Crippen MR) is 65.5 cm³/mol. The van der Waals surface area contributed by atoms with Gasteiger partial charge in [-0.2, -0.15) is 0 Å². The van der Waals surface area contributed by atoms with Crippen LogP contribution in [0.3, 0.4) is 0 Å². The van der Waals surface area contributed by atoms with Crippen LogP contribution in [-0.4, -0.2) is 4.98 Å². The van der Waals surface area contributed by atoms with Crippen LogP contribution in [0.2, 0.25) is 5.02 Å². The number of fused-ring (bicyclic) bond motifs is 1. The second-order valence-corrected chi connectivity index (χ2v) is 5.15. The zero-order chi connectivity index (χ0) is 11.1. The predicted octanol–water partition coefficient (Wildman–Crippen LogP) is 4.19. The molecule has 1 aromatic carbocycles. The Morgan fingerprint density at radius 2 is 1.87 bits per heavy atom. The van der Waals surface area contributed by atoms with Crippen molar-refractivity contribution in [3.8, 4) is 0 Å². The van der Waals surface area contributed by atoms with Gasteiger partial charge in [-0.1, -0.05) is 44.5 Å². The van der Waals surface area contributed by atoms with Crippen LogP contribution in [0.15, 0.2) is 30.6 Å². The van der Waals surface area contributed by atoms with E-state index in [1.54, 1.807) is 6.20 Å². The number of nitrogens with zero attached hydrogens (tertiary/aromatic N) is 1. The van der Waals surface area contributed by atoms with Crippen molar-refractivity contribution in [1.29, 1.82) is 0 Å². The Bertz CT molecular complexity index is 497. The zero-order valence-corrected chi connectivity index (χ0v) is 9.97. The van der Waals surface area contributed by atoms with E-state index in [0.29, 0.717) is 0 Å². The minimum atomic E-state index is 0.0779. The van der Waals surface area contributed by atoms with Crippen molar-refractivity contribution < 1.29 is 0 Å². The fraction of sp³-hybridized carbons (Fsp3) is 0.308. The third kappa shape index (κ3) is 1.84. The Morgan fingerprint density at radius 3 is 2.53 bits per heavy atom. The Hall–Kier alpha value is -1.08. The van der Waals surface area contributed by atoms with Crippen LogP contribution in [0, 0.1) is 0 Å². The molecule has 0 bridgehead atoms. The van der Waals surface area contributed by atoms with Crippen molar-refractivity contribution in [2.24, 2.45) is 0 Å². The van der Waals surface area contributed by atoms with Crippen LogP contribution in [-0.2, 0) is 5.41 Å². The molecule has 2 rings (SSSR count). The van der Waals surface area contributed by atoms with Crippen molar-refractivity contribution in [3.05, 3.63) is 41.2 Å². The maximum atomic E-state index is 6.40. The first kappa shape index (κ1) is 10.4. The van der Waals surface area contributed by atoms with Gasteiger partial charge in [0.2, 0.25) is 0 Å². The summed E-state index contributed by atoms with van der Waals surface area (Å²) in [6.45, 7) is 6.50. The van der Waals surface area contributed by atoms with Gasteiger partial charge in [0.15, 0.2) is 0 Å². The van der Waals surface area contributed by atoms with E-state index in [0.717, 1.165) is 15.8 Å². The van der Waals surface area contributed by atoms with Gasteiger partial charge < -0.3 is 0 Å². The van der Waals surface area contributed by atoms with E-state index in [-0.39, 0.29) is 5.41 Å². The molecule has 0 N–H and O–H groups in total. The maximum absolute atomic E-state index is 6.40. The normalized spacial score (nSPS) is 12.0. The van der Waals surface area contributed by atoms with Crippen LogP contribution in [0.1, 0.15) is 26.3 Å². The summed E-state index contributed by atoms with van der Waals surface area (Å²) in [6.07, 6.45) is 3.62. The highest BCUT2D eigenvalue weighted by molar-refractivity contribution is 6.36. The molecule has 0 aliphatic heterocycles. The summed E-state index contributed by atoms with van der Waals surface area (Å²) >= 11 is 6.40. The summed E-state index contributed by atoms with van der Waals surface area (Å²) in [5.74, 6) is 0. The fourth-order valence-corrected chi connectivity index (χ4v) is 2.23. The summed E-state index contributed by atoms with van der Waals surface area (Å²) in [7, 11) is 0. The van der Waals surface area contributed by atoms with Crippen LogP contribution in [0.25, 0.3) is 10.8 Å². The standard InChI is InChI=1S/C13H14ClN/c1-13(2,3)11-5-4-9-8-15-7-6-10(9)12(11)14/h4-8H,1-3H3. The van der Waals surface area contributed by atoms with Crippen molar-refractivity contribution >= 4 is 22.4 Å². The SMILES string of the molecule is CC(C)(C)c1ccc2cnccc2c1Cl. The molecule has 0 saturated heterocycles. The van der Waals surface area contributed by atoms with Crippen LogP contribution >= 0.6 is 11.6 Å². The van der Waals surface area contributed by atoms with Crippen molar-refractivity contribution in [2.75, 3.05) is 0 Å². The minimum absolute atomic E-state index is 0.0779. The van der Waals surface area contributed by atoms with Gasteiger partial charge in [0.05, 0.1) is 5.02 Å². The highest BCUT2D eigenvalue weighted by Gasteiger charge is 2.18. The van der Waals surface area contributed by atoms with Gasteiger partial charge in [-0.25, -0.2) is 0 Å². The molecular weight excluding hydrogens is 206 g/mol. The van der Waals surface area contributed by atoms with Gasteiger partial charge in [-0.15, -0.1) is 0 Å². The van der Waals surface area contributed by atoms with E-state index < -0.39 is 0 Å². The Labute approximate surface area is 95.1 Å². The molecule has 1 heterocycles. The molecule has 0 saturated carbocycles. The maximum Gasteiger partial charge on any atom is 0.0522 e. The first-order valence-corrected chi connectivity index (χ1v) is 5.40. The van der Waals surface area contributed by atoms with E-state index in [1.165, 1.54) is 5.56 Å². The van der Waals surface area contributed by atoms with Crippen molar-refractivity contribution in [3.63, 3.8) is 0 Å². The van der Waals surface area contributed by atoms with Crippen LogP contribution in [0.4, 0.5) is 0 Å². The van der Waals surface area contributed by atoms with Crippen LogP contribution in [0.5, 0.6) is 0 Å². The number of aromatic nitrogens is 1. The van der Waals surface area contributed by atoms with Gasteiger partial charge in [-0.3, -0.25) is 4.98 Å². The third-order valence-corrected chi connectivity index (χ3v) is 2.97. The summed E-state index contributed by atoms with van der Waals surface area (Å²) in [5.41, 5.74) is 1.26. The lowest BCUT2D eigenvalue weighted by Crippen LogP contribution is -2.11. The van der Waals surface area contributed by atoms with Crippen LogP contribution < -0.4 is 0 Å².